The molecule has 3 amide bonds. The summed E-state index contributed by atoms with van der Waals surface area (Å²) in [6.45, 7) is 2.70. The number of anilines is 1. The van der Waals surface area contributed by atoms with E-state index in [0.29, 0.717) is 25.1 Å². The van der Waals surface area contributed by atoms with Gasteiger partial charge in [-0.2, -0.15) is 0 Å². The van der Waals surface area contributed by atoms with E-state index < -0.39 is 0 Å². The number of carbonyl (C=O) groups is 3. The molecule has 3 saturated heterocycles. The first-order valence-electron chi connectivity index (χ1n) is 9.45. The molecule has 3 fully saturated rings. The van der Waals surface area contributed by atoms with Crippen molar-refractivity contribution in [2.75, 3.05) is 38.1 Å². The first-order chi connectivity index (χ1) is 12.5. The number of nitrogens with zero attached hydrogens (tertiary/aromatic N) is 3. The number of hydrogen-bond donors (Lipinski definition) is 0. The largest absolute Gasteiger partial charge is 0.345 e. The van der Waals surface area contributed by atoms with Crippen LogP contribution in [-0.4, -0.2) is 60.7 Å². The normalized spacial score (nSPS) is 26.3. The summed E-state index contributed by atoms with van der Waals surface area (Å²) in [7, 11) is 1.85. The minimum Gasteiger partial charge on any atom is -0.345 e. The van der Waals surface area contributed by atoms with E-state index in [0.717, 1.165) is 44.5 Å². The average Bonchev–Trinajstić information content (AvgIpc) is 3.27. The number of benzene rings is 1. The summed E-state index contributed by atoms with van der Waals surface area (Å²) < 4.78 is 0. The van der Waals surface area contributed by atoms with E-state index in [1.807, 2.05) is 24.1 Å². The maximum Gasteiger partial charge on any atom is 0.253 e. The molecule has 6 nitrogen and oxygen atoms in total. The van der Waals surface area contributed by atoms with Gasteiger partial charge < -0.3 is 14.7 Å². The third kappa shape index (κ3) is 2.77. The van der Waals surface area contributed by atoms with Crippen molar-refractivity contribution in [2.24, 2.45) is 5.41 Å². The standard InChI is InChI=1S/C20H25N3O3/c1-21-11-3-9-20(19(21)26)10-13-22(14-20)18(25)15-5-7-16(8-6-15)23-12-2-4-17(23)24/h5-8H,2-4,9-14H2,1H3/t20-/m1/s1. The summed E-state index contributed by atoms with van der Waals surface area (Å²) in [6.07, 6.45) is 4.11. The first kappa shape index (κ1) is 17.1. The van der Waals surface area contributed by atoms with Crippen LogP contribution in [0.5, 0.6) is 0 Å². The Morgan fingerprint density at radius 2 is 1.77 bits per heavy atom. The Morgan fingerprint density at radius 3 is 2.46 bits per heavy atom. The zero-order valence-corrected chi connectivity index (χ0v) is 15.2. The molecule has 6 heteroatoms. The molecule has 1 aromatic rings. The molecular formula is C20H25N3O3. The molecule has 4 rings (SSSR count). The number of rotatable bonds is 2. The van der Waals surface area contributed by atoms with Crippen molar-refractivity contribution < 1.29 is 14.4 Å². The van der Waals surface area contributed by atoms with Gasteiger partial charge in [0.2, 0.25) is 11.8 Å². The highest BCUT2D eigenvalue weighted by molar-refractivity contribution is 5.98. The molecule has 26 heavy (non-hydrogen) atoms. The second-order valence-electron chi connectivity index (χ2n) is 7.78. The van der Waals surface area contributed by atoms with Crippen molar-refractivity contribution in [3.8, 4) is 0 Å². The molecule has 0 radical (unpaired) electrons. The highest BCUT2D eigenvalue weighted by Gasteiger charge is 2.48. The molecule has 138 valence electrons. The number of likely N-dealkylation sites (tertiary alicyclic amines) is 2. The van der Waals surface area contributed by atoms with Gasteiger partial charge in [-0.25, -0.2) is 0 Å². The van der Waals surface area contributed by atoms with Gasteiger partial charge in [0.05, 0.1) is 5.41 Å². The van der Waals surface area contributed by atoms with Crippen LogP contribution in [0.3, 0.4) is 0 Å². The second kappa shape index (κ2) is 6.41. The third-order valence-electron chi connectivity index (χ3n) is 6.09. The lowest BCUT2D eigenvalue weighted by molar-refractivity contribution is -0.143. The summed E-state index contributed by atoms with van der Waals surface area (Å²) in [4.78, 5) is 42.7. The quantitative estimate of drug-likeness (QED) is 0.814. The van der Waals surface area contributed by atoms with Crippen LogP contribution in [0.25, 0.3) is 0 Å². The van der Waals surface area contributed by atoms with Crippen molar-refractivity contribution in [1.29, 1.82) is 0 Å². The van der Waals surface area contributed by atoms with E-state index in [-0.39, 0.29) is 23.1 Å². The molecule has 1 aromatic carbocycles. The number of hydrogen-bond acceptors (Lipinski definition) is 3. The van der Waals surface area contributed by atoms with Crippen LogP contribution >= 0.6 is 0 Å². The fourth-order valence-corrected chi connectivity index (χ4v) is 4.58. The Bertz CT molecular complexity index is 745. The third-order valence-corrected chi connectivity index (χ3v) is 6.09. The number of piperidine rings is 1. The predicted octanol–water partition coefficient (Wildman–Crippen LogP) is 1.90. The topological polar surface area (TPSA) is 60.9 Å². The van der Waals surface area contributed by atoms with Crippen molar-refractivity contribution in [1.82, 2.24) is 9.80 Å². The van der Waals surface area contributed by atoms with Gasteiger partial charge in [0.15, 0.2) is 0 Å². The van der Waals surface area contributed by atoms with Gasteiger partial charge in [-0.05, 0) is 49.9 Å². The average molecular weight is 355 g/mol. The van der Waals surface area contributed by atoms with Crippen LogP contribution < -0.4 is 4.90 Å². The smallest absolute Gasteiger partial charge is 0.253 e. The summed E-state index contributed by atoms with van der Waals surface area (Å²) in [6, 6.07) is 7.29. The van der Waals surface area contributed by atoms with Gasteiger partial charge in [-0.1, -0.05) is 0 Å². The van der Waals surface area contributed by atoms with Crippen LogP contribution in [0.1, 0.15) is 42.5 Å². The highest BCUT2D eigenvalue weighted by atomic mass is 16.2. The minimum absolute atomic E-state index is 0.0257. The molecular weight excluding hydrogens is 330 g/mol. The Morgan fingerprint density at radius 1 is 1.00 bits per heavy atom. The first-order valence-corrected chi connectivity index (χ1v) is 9.45. The minimum atomic E-state index is -0.384. The Labute approximate surface area is 153 Å². The van der Waals surface area contributed by atoms with Gasteiger partial charge in [0.25, 0.3) is 5.91 Å². The Hall–Kier alpha value is -2.37. The number of amides is 3. The fraction of sp³-hybridized carbons (Fsp3) is 0.550. The van der Waals surface area contributed by atoms with Gasteiger partial charge in [0.1, 0.15) is 0 Å². The van der Waals surface area contributed by atoms with E-state index in [1.165, 1.54) is 0 Å². The molecule has 3 aliphatic rings. The Kier molecular flexibility index (Phi) is 4.21. The molecule has 1 spiro atoms. The SMILES string of the molecule is CN1CCC[C@]2(CCN(C(=O)c3ccc(N4CCCC4=O)cc3)C2)C1=O. The maximum absolute atomic E-state index is 12.9. The van der Waals surface area contributed by atoms with Crippen LogP contribution in [-0.2, 0) is 9.59 Å². The van der Waals surface area contributed by atoms with Crippen molar-refractivity contribution >= 4 is 23.4 Å². The summed E-state index contributed by atoms with van der Waals surface area (Å²) in [5.74, 6) is 0.301. The van der Waals surface area contributed by atoms with E-state index in [1.54, 1.807) is 21.9 Å². The highest BCUT2D eigenvalue weighted by Crippen LogP contribution is 2.40. The zero-order chi connectivity index (χ0) is 18.3. The van der Waals surface area contributed by atoms with Gasteiger partial charge in [-0.15, -0.1) is 0 Å². The van der Waals surface area contributed by atoms with Crippen LogP contribution in [0.4, 0.5) is 5.69 Å². The summed E-state index contributed by atoms with van der Waals surface area (Å²) in [5, 5.41) is 0. The second-order valence-corrected chi connectivity index (χ2v) is 7.78. The van der Waals surface area contributed by atoms with Gasteiger partial charge >= 0.3 is 0 Å². The van der Waals surface area contributed by atoms with Gasteiger partial charge in [-0.3, -0.25) is 14.4 Å². The molecule has 0 bridgehead atoms. The molecule has 0 aliphatic carbocycles. The van der Waals surface area contributed by atoms with E-state index in [9.17, 15) is 14.4 Å². The Balaban J connectivity index is 1.46. The van der Waals surface area contributed by atoms with Crippen molar-refractivity contribution in [2.45, 2.75) is 32.1 Å². The van der Waals surface area contributed by atoms with Crippen LogP contribution in [0.2, 0.25) is 0 Å². The summed E-state index contributed by atoms with van der Waals surface area (Å²) in [5.41, 5.74) is 1.09. The van der Waals surface area contributed by atoms with Crippen molar-refractivity contribution in [3.05, 3.63) is 29.8 Å². The van der Waals surface area contributed by atoms with Gasteiger partial charge in [0, 0.05) is 50.9 Å². The maximum atomic E-state index is 12.9. The fourth-order valence-electron chi connectivity index (χ4n) is 4.58. The van der Waals surface area contributed by atoms with Crippen molar-refractivity contribution in [3.63, 3.8) is 0 Å². The molecule has 1 atom stereocenters. The van der Waals surface area contributed by atoms with E-state index >= 15 is 0 Å². The van der Waals surface area contributed by atoms with Crippen LogP contribution in [0.15, 0.2) is 24.3 Å². The number of carbonyl (C=O) groups excluding carboxylic acids is 3. The lowest BCUT2D eigenvalue weighted by Gasteiger charge is -2.37. The van der Waals surface area contributed by atoms with Crippen LogP contribution in [0, 0.1) is 5.41 Å². The molecule has 0 unspecified atom stereocenters. The molecule has 3 heterocycles. The molecule has 0 aromatic heterocycles. The lowest BCUT2D eigenvalue weighted by Crippen LogP contribution is -2.48. The molecule has 0 N–H and O–H groups in total. The predicted molar refractivity (Wildman–Crippen MR) is 97.9 cm³/mol. The zero-order valence-electron chi connectivity index (χ0n) is 15.2. The van der Waals surface area contributed by atoms with E-state index in [4.69, 9.17) is 0 Å². The monoisotopic (exact) mass is 355 g/mol. The summed E-state index contributed by atoms with van der Waals surface area (Å²) >= 11 is 0. The van der Waals surface area contributed by atoms with E-state index in [2.05, 4.69) is 0 Å². The molecule has 0 saturated carbocycles. The molecule has 3 aliphatic heterocycles. The lowest BCUT2D eigenvalue weighted by atomic mass is 9.78.